The number of hydrogen-bond donors (Lipinski definition) is 0. The Hall–Kier alpha value is 2.94. The van der Waals surface area contributed by atoms with E-state index < -0.39 is 0 Å². The molecule has 0 heterocycles. The second kappa shape index (κ2) is 91.9. The fourth-order valence-electron chi connectivity index (χ4n) is 0. The predicted octanol–water partition coefficient (Wildman–Crippen LogP) is -4.29. The third-order valence-electron chi connectivity index (χ3n) is 0. The molecule has 0 fully saturated rings. The molecule has 0 aliphatic carbocycles. The molecular weight excluding hydrogens is 215 g/mol. The second-order valence-corrected chi connectivity index (χ2v) is 0. The van der Waals surface area contributed by atoms with Crippen molar-refractivity contribution >= 4 is 100 Å². The van der Waals surface area contributed by atoms with Crippen molar-refractivity contribution in [1.29, 1.82) is 0 Å². The zero-order valence-corrected chi connectivity index (χ0v) is 4.45. The van der Waals surface area contributed by atoms with Gasteiger partial charge in [-0.05, 0) is 0 Å². The molecule has 8 N–H and O–H groups in total. The van der Waals surface area contributed by atoms with E-state index in [1.807, 2.05) is 0 Å². The molecule has 0 spiro atoms. The van der Waals surface area contributed by atoms with Crippen molar-refractivity contribution < 1.29 is 21.9 Å². The molecule has 56 valence electrons. The molecule has 0 bridgehead atoms. The van der Waals surface area contributed by atoms with Gasteiger partial charge in [0, 0.05) is 0 Å². The van der Waals surface area contributed by atoms with E-state index in [2.05, 4.69) is 0 Å². The van der Waals surface area contributed by atoms with Crippen LogP contribution in [0.25, 0.3) is 0 Å². The second-order valence-electron chi connectivity index (χ2n) is 0. The van der Waals surface area contributed by atoms with Gasteiger partial charge in [0.2, 0.25) is 0 Å². The van der Waals surface area contributed by atoms with Crippen molar-refractivity contribution in [2.75, 3.05) is 0 Å². The summed E-state index contributed by atoms with van der Waals surface area (Å²) in [6.07, 6.45) is 0. The molecule has 0 rings (SSSR count). The summed E-state index contributed by atoms with van der Waals surface area (Å²) in [6, 6.07) is 0. The summed E-state index contributed by atoms with van der Waals surface area (Å²) in [5.74, 6) is 0. The van der Waals surface area contributed by atoms with Crippen LogP contribution >= 0.6 is 24.8 Å². The molecule has 0 aromatic carbocycles. The minimum absolute atomic E-state index is 0. The number of hydrogen-bond acceptors (Lipinski definition) is 0. The van der Waals surface area contributed by atoms with Gasteiger partial charge < -0.3 is 21.9 Å². The van der Waals surface area contributed by atoms with Gasteiger partial charge in [0.15, 0.2) is 0 Å². The van der Waals surface area contributed by atoms with Crippen LogP contribution in [0, 0.1) is 0 Å². The minimum atomic E-state index is 0. The van der Waals surface area contributed by atoms with Crippen molar-refractivity contribution in [3.8, 4) is 0 Å². The van der Waals surface area contributed by atoms with Gasteiger partial charge in [-0.3, -0.25) is 0 Å². The summed E-state index contributed by atoms with van der Waals surface area (Å²) in [4.78, 5) is 0. The Morgan fingerprint density at radius 1 is 0.375 bits per heavy atom. The van der Waals surface area contributed by atoms with Crippen LogP contribution in [0.5, 0.6) is 0 Å². The predicted molar refractivity (Wildman–Crippen MR) is 46.0 cm³/mol. The first-order valence-corrected chi connectivity index (χ1v) is 0. The topological polar surface area (TPSA) is 126 Å². The van der Waals surface area contributed by atoms with Crippen LogP contribution in [-0.4, -0.2) is 97.4 Å². The van der Waals surface area contributed by atoms with E-state index in [0.29, 0.717) is 0 Å². The summed E-state index contributed by atoms with van der Waals surface area (Å²) < 4.78 is 0. The average Bonchev–Trinajstić information content (AvgIpc) is 0. The quantitative estimate of drug-likeness (QED) is 0.373. The maximum absolute atomic E-state index is 0. The van der Waals surface area contributed by atoms with Crippen LogP contribution in [0.2, 0.25) is 0 Å². The molecule has 0 aliphatic heterocycles. The van der Waals surface area contributed by atoms with E-state index in [9.17, 15) is 0 Å². The van der Waals surface area contributed by atoms with Crippen molar-refractivity contribution in [3.63, 3.8) is 0 Å². The molecule has 4 nitrogen and oxygen atoms in total. The van der Waals surface area contributed by atoms with Crippen LogP contribution in [0.3, 0.4) is 0 Å². The van der Waals surface area contributed by atoms with Crippen molar-refractivity contribution in [2.45, 2.75) is 0 Å². The van der Waals surface area contributed by atoms with Crippen LogP contribution in [0.15, 0.2) is 0 Å². The molecule has 0 aromatic rings. The third kappa shape index (κ3) is 65.2. The first-order valence-electron chi connectivity index (χ1n) is 0. The molecule has 8 heavy (non-hydrogen) atoms. The molecule has 0 atom stereocenters. The van der Waals surface area contributed by atoms with Gasteiger partial charge >= 0.3 is 75.5 Å². The standard InChI is InChI=1S/2Ca.2ClH.4H2O.4H/h;;2*1H;4*1H2;;;;. The molecule has 0 aliphatic rings. The van der Waals surface area contributed by atoms with Crippen molar-refractivity contribution in [3.05, 3.63) is 0 Å². The maximum atomic E-state index is 0. The Morgan fingerprint density at radius 2 is 0.375 bits per heavy atom. The fraction of sp³-hybridized carbons (Fsp3) is 0. The van der Waals surface area contributed by atoms with Crippen molar-refractivity contribution in [1.82, 2.24) is 0 Å². The Bertz CT molecular complexity index is 12.0. The SMILES string of the molecule is Cl.Cl.O.O.O.O.[CaH2].[CaH2]. The van der Waals surface area contributed by atoms with Gasteiger partial charge in [-0.1, -0.05) is 0 Å². The zero-order chi connectivity index (χ0) is 0. The molecule has 0 saturated carbocycles. The van der Waals surface area contributed by atoms with E-state index in [4.69, 9.17) is 0 Å². The van der Waals surface area contributed by atoms with Crippen LogP contribution in [-0.2, 0) is 0 Å². The summed E-state index contributed by atoms with van der Waals surface area (Å²) in [7, 11) is 0. The van der Waals surface area contributed by atoms with Gasteiger partial charge in [0.1, 0.15) is 0 Å². The molecule has 0 aromatic heterocycles. The Balaban J connectivity index is 0. The molecule has 0 unspecified atom stereocenters. The van der Waals surface area contributed by atoms with E-state index in [1.54, 1.807) is 0 Å². The van der Waals surface area contributed by atoms with E-state index in [0.717, 1.165) is 0 Å². The summed E-state index contributed by atoms with van der Waals surface area (Å²) >= 11 is 0. The van der Waals surface area contributed by atoms with E-state index >= 15 is 0 Å². The average molecular weight is 229 g/mol. The Kier molecular flexibility index (Phi) is 1440. The first kappa shape index (κ1) is 125. The number of rotatable bonds is 0. The monoisotopic (exact) mass is 228 g/mol. The van der Waals surface area contributed by atoms with Crippen molar-refractivity contribution in [2.24, 2.45) is 0 Å². The van der Waals surface area contributed by atoms with Gasteiger partial charge in [-0.25, -0.2) is 0 Å². The molecule has 0 amide bonds. The van der Waals surface area contributed by atoms with Gasteiger partial charge in [0.25, 0.3) is 0 Å². The van der Waals surface area contributed by atoms with E-state index in [-0.39, 0.29) is 122 Å². The Morgan fingerprint density at radius 3 is 0.375 bits per heavy atom. The Labute approximate surface area is 120 Å². The van der Waals surface area contributed by atoms with Crippen LogP contribution in [0.1, 0.15) is 0 Å². The van der Waals surface area contributed by atoms with Gasteiger partial charge in [-0.2, -0.15) is 0 Å². The summed E-state index contributed by atoms with van der Waals surface area (Å²) in [5, 5.41) is 0. The van der Waals surface area contributed by atoms with Crippen LogP contribution < -0.4 is 0 Å². The fourth-order valence-corrected chi connectivity index (χ4v) is 0. The molecule has 0 radical (unpaired) electrons. The first-order chi connectivity index (χ1) is 0. The normalized spacial score (nSPS) is 0. The molecule has 8 heteroatoms. The number of halogens is 2. The molecule has 0 saturated heterocycles. The van der Waals surface area contributed by atoms with Crippen LogP contribution in [0.4, 0.5) is 0 Å². The zero-order valence-electron chi connectivity index (χ0n) is 2.82. The summed E-state index contributed by atoms with van der Waals surface area (Å²) in [5.41, 5.74) is 0. The van der Waals surface area contributed by atoms with Gasteiger partial charge in [-0.15, -0.1) is 24.8 Å². The van der Waals surface area contributed by atoms with Gasteiger partial charge in [0.05, 0.1) is 0 Å². The third-order valence-corrected chi connectivity index (χ3v) is 0. The van der Waals surface area contributed by atoms with E-state index in [1.165, 1.54) is 0 Å². The summed E-state index contributed by atoms with van der Waals surface area (Å²) in [6.45, 7) is 0. The molecular formula is H14Ca2Cl2O4.